The maximum absolute atomic E-state index is 14.0. The first-order chi connectivity index (χ1) is 17.7. The van der Waals surface area contributed by atoms with Crippen molar-refractivity contribution in [3.05, 3.63) is 124 Å². The molecule has 6 rings (SSSR count). The monoisotopic (exact) mass is 525 g/mol. The Hall–Kier alpha value is -3.59. The zero-order valence-corrected chi connectivity index (χ0v) is 21.3. The highest BCUT2D eigenvalue weighted by Crippen LogP contribution is 2.59. The molecule has 2 aliphatic heterocycles. The molecule has 0 saturated carbocycles. The number of rotatable bonds is 5. The highest BCUT2D eigenvalue weighted by Gasteiger charge is 2.60. The zero-order chi connectivity index (χ0) is 24.5. The van der Waals surface area contributed by atoms with Crippen LogP contribution in [0.25, 0.3) is 6.08 Å². The van der Waals surface area contributed by atoms with Crippen LogP contribution in [0, 0.1) is 0 Å². The fourth-order valence-electron chi connectivity index (χ4n) is 4.06. The fourth-order valence-corrected chi connectivity index (χ4v) is 7.73. The minimum Gasteiger partial charge on any atom is -0.285 e. The van der Waals surface area contributed by atoms with Gasteiger partial charge in [-0.15, -0.1) is 11.3 Å². The molecule has 1 amide bonds. The Labute approximate surface area is 221 Å². The molecule has 176 valence electrons. The highest BCUT2D eigenvalue weighted by molar-refractivity contribution is 8.29. The lowest BCUT2D eigenvalue weighted by Crippen LogP contribution is -2.51. The minimum atomic E-state index is -1.04. The van der Waals surface area contributed by atoms with Gasteiger partial charge in [-0.3, -0.25) is 14.5 Å². The van der Waals surface area contributed by atoms with Gasteiger partial charge in [0.05, 0.1) is 15.5 Å². The number of benzene rings is 3. The summed E-state index contributed by atoms with van der Waals surface area (Å²) in [6.45, 7) is 0. The number of hydrogen-bond acceptors (Lipinski definition) is 7. The Balaban J connectivity index is 1.52. The maximum atomic E-state index is 14.0. The number of thiophene rings is 1. The maximum Gasteiger partial charge on any atom is 0.268 e. The van der Waals surface area contributed by atoms with Gasteiger partial charge >= 0.3 is 0 Å². The summed E-state index contributed by atoms with van der Waals surface area (Å²) in [5.41, 5.74) is 2.46. The molecule has 4 aromatic rings. The van der Waals surface area contributed by atoms with Crippen molar-refractivity contribution in [2.24, 2.45) is 5.10 Å². The fraction of sp³-hybridized carbons (Fsp3) is 0.0357. The van der Waals surface area contributed by atoms with Crippen LogP contribution in [0.5, 0.6) is 0 Å². The van der Waals surface area contributed by atoms with Crippen LogP contribution < -0.4 is 9.91 Å². The van der Waals surface area contributed by atoms with Crippen LogP contribution in [0.3, 0.4) is 0 Å². The predicted molar refractivity (Wildman–Crippen MR) is 151 cm³/mol. The second kappa shape index (κ2) is 9.46. The van der Waals surface area contributed by atoms with E-state index in [0.717, 1.165) is 16.9 Å². The quantitative estimate of drug-likeness (QED) is 0.209. The Morgan fingerprint density at radius 3 is 2.06 bits per heavy atom. The van der Waals surface area contributed by atoms with Gasteiger partial charge in [-0.25, -0.2) is 5.01 Å². The van der Waals surface area contributed by atoms with Gasteiger partial charge in [0.2, 0.25) is 10.1 Å². The van der Waals surface area contributed by atoms with Crippen molar-refractivity contribution in [1.82, 2.24) is 0 Å². The van der Waals surface area contributed by atoms with E-state index in [4.69, 9.17) is 5.10 Å². The number of ketones is 1. The molecule has 1 spiro atoms. The van der Waals surface area contributed by atoms with Crippen LogP contribution in [0.2, 0.25) is 0 Å². The molecule has 1 saturated heterocycles. The molecule has 1 fully saturated rings. The van der Waals surface area contributed by atoms with Gasteiger partial charge in [0, 0.05) is 5.69 Å². The van der Waals surface area contributed by atoms with E-state index < -0.39 is 4.33 Å². The second-order valence-electron chi connectivity index (χ2n) is 8.01. The molecule has 1 atom stereocenters. The van der Waals surface area contributed by atoms with E-state index in [-0.39, 0.29) is 11.7 Å². The number of Topliss-reactive ketones (excluding diaryl/α,β-unsaturated/α-hetero) is 1. The van der Waals surface area contributed by atoms with Gasteiger partial charge < -0.3 is 0 Å². The largest absolute Gasteiger partial charge is 0.285 e. The van der Waals surface area contributed by atoms with Crippen molar-refractivity contribution >= 4 is 69.0 Å². The van der Waals surface area contributed by atoms with Gasteiger partial charge in [-0.1, -0.05) is 84.6 Å². The number of hydrazone groups is 1. The highest BCUT2D eigenvalue weighted by atomic mass is 32.2. The first-order valence-electron chi connectivity index (χ1n) is 11.2. The van der Waals surface area contributed by atoms with Crippen LogP contribution in [0.15, 0.2) is 119 Å². The van der Waals surface area contributed by atoms with Crippen molar-refractivity contribution in [3.8, 4) is 0 Å². The Bertz CT molecular complexity index is 1470. The zero-order valence-electron chi connectivity index (χ0n) is 18.9. The number of hydrogen-bond donors (Lipinski definition) is 0. The molecule has 1 aromatic heterocycles. The van der Waals surface area contributed by atoms with Crippen LogP contribution in [-0.2, 0) is 4.79 Å². The molecule has 3 heterocycles. The van der Waals surface area contributed by atoms with Gasteiger partial charge in [-0.2, -0.15) is 5.10 Å². The average molecular weight is 526 g/mol. The third-order valence-electron chi connectivity index (χ3n) is 5.68. The second-order valence-corrected chi connectivity index (χ2v) is 11.6. The lowest BCUT2D eigenvalue weighted by molar-refractivity contribution is -0.114. The van der Waals surface area contributed by atoms with E-state index in [1.54, 1.807) is 16.0 Å². The van der Waals surface area contributed by atoms with Crippen LogP contribution in [-0.4, -0.2) is 21.1 Å². The summed E-state index contributed by atoms with van der Waals surface area (Å²) in [6.07, 6.45) is 1.90. The number of nitrogens with zero attached hydrogens (tertiary/aromatic N) is 3. The molecule has 5 nitrogen and oxygen atoms in total. The van der Waals surface area contributed by atoms with Crippen molar-refractivity contribution in [3.63, 3.8) is 0 Å². The van der Waals surface area contributed by atoms with Crippen LogP contribution in [0.1, 0.15) is 15.2 Å². The third-order valence-corrected chi connectivity index (χ3v) is 9.26. The smallest absolute Gasteiger partial charge is 0.268 e. The minimum absolute atomic E-state index is 0.136. The van der Waals surface area contributed by atoms with Crippen LogP contribution >= 0.6 is 34.9 Å². The van der Waals surface area contributed by atoms with E-state index in [0.29, 0.717) is 14.8 Å². The number of amides is 1. The molecule has 0 bridgehead atoms. The summed E-state index contributed by atoms with van der Waals surface area (Å²) in [6, 6.07) is 32.7. The van der Waals surface area contributed by atoms with Crippen molar-refractivity contribution in [1.29, 1.82) is 0 Å². The number of carbonyl (C=O) groups excluding carboxylic acids is 2. The lowest BCUT2D eigenvalue weighted by atomic mass is 10.2. The van der Waals surface area contributed by atoms with E-state index in [2.05, 4.69) is 0 Å². The van der Waals surface area contributed by atoms with Gasteiger partial charge in [0.25, 0.3) is 5.91 Å². The summed E-state index contributed by atoms with van der Waals surface area (Å²) in [5.74, 6) is -0.280. The Morgan fingerprint density at radius 1 is 0.778 bits per heavy atom. The molecule has 0 unspecified atom stereocenters. The SMILES string of the molecule is O=C(C1=NN(c2ccccc2)[C@]2(S1)S/C(=C/c1ccccc1)C(=O)N2c1ccccc1)c1cccs1. The number of carbonyl (C=O) groups is 2. The van der Waals surface area contributed by atoms with E-state index in [1.165, 1.54) is 34.9 Å². The van der Waals surface area contributed by atoms with Crippen LogP contribution in [0.4, 0.5) is 11.4 Å². The Kier molecular flexibility index (Phi) is 6.00. The lowest BCUT2D eigenvalue weighted by Gasteiger charge is -2.38. The van der Waals surface area contributed by atoms with Gasteiger partial charge in [0.1, 0.15) is 0 Å². The summed E-state index contributed by atoms with van der Waals surface area (Å²) in [7, 11) is 0. The molecule has 2 aliphatic rings. The molecule has 36 heavy (non-hydrogen) atoms. The predicted octanol–water partition coefficient (Wildman–Crippen LogP) is 6.93. The van der Waals surface area contributed by atoms with E-state index >= 15 is 0 Å². The molecule has 0 aliphatic carbocycles. The van der Waals surface area contributed by atoms with Gasteiger partial charge in [-0.05, 0) is 59.1 Å². The summed E-state index contributed by atoms with van der Waals surface area (Å²) < 4.78 is -1.04. The number of thioether (sulfide) groups is 2. The van der Waals surface area contributed by atoms with Crippen molar-refractivity contribution in [2.45, 2.75) is 4.33 Å². The summed E-state index contributed by atoms with van der Waals surface area (Å²) in [5, 5.41) is 8.86. The van der Waals surface area contributed by atoms with Crippen molar-refractivity contribution < 1.29 is 9.59 Å². The number of anilines is 2. The summed E-state index contributed by atoms with van der Waals surface area (Å²) in [4.78, 5) is 30.4. The topological polar surface area (TPSA) is 53.0 Å². The first-order valence-corrected chi connectivity index (χ1v) is 13.7. The molecule has 3 aromatic carbocycles. The average Bonchev–Trinajstić information content (AvgIpc) is 3.65. The molecule has 0 N–H and O–H groups in total. The number of para-hydroxylation sites is 2. The van der Waals surface area contributed by atoms with Gasteiger partial charge in [0.15, 0.2) is 5.04 Å². The normalized spacial score (nSPS) is 20.4. The molecular formula is C28H19N3O2S3. The summed E-state index contributed by atoms with van der Waals surface area (Å²) >= 11 is 4.11. The standard InChI is InChI=1S/C28H19N3O2S3/c32-25(23-17-10-18-34-23)26-29-31(22-15-8-3-9-16-22)28(36-26)30(21-13-6-2-7-14-21)27(33)24(35-28)19-20-11-4-1-5-12-20/h1-19H/b24-19+/t28-/m0/s1. The molecular weight excluding hydrogens is 507 g/mol. The van der Waals surface area contributed by atoms with E-state index in [9.17, 15) is 9.59 Å². The molecule has 8 heteroatoms. The van der Waals surface area contributed by atoms with Crippen molar-refractivity contribution in [2.75, 3.05) is 9.91 Å². The first kappa shape index (κ1) is 22.8. The third kappa shape index (κ3) is 3.97. The Morgan fingerprint density at radius 2 is 1.42 bits per heavy atom. The van der Waals surface area contributed by atoms with E-state index in [1.807, 2.05) is 109 Å². The molecule has 0 radical (unpaired) electrons.